The molecule has 3 heterocycles. The third kappa shape index (κ3) is 3.64. The molecule has 2 N–H and O–H groups in total. The van der Waals surface area contributed by atoms with Crippen molar-refractivity contribution < 1.29 is 0 Å². The molecular weight excluding hydrogens is 369 g/mol. The first-order chi connectivity index (χ1) is 12.7. The summed E-state index contributed by atoms with van der Waals surface area (Å²) in [7, 11) is 0. The van der Waals surface area contributed by atoms with Crippen LogP contribution in [0.2, 0.25) is 10.0 Å². The quantitative estimate of drug-likeness (QED) is 0.516. The molecule has 0 atom stereocenters. The standard InChI is InChI=1S/C19H15Cl2N5/c20-15-4-3-13(17(21)7-15)10-26-19-24-8-12(9-25-19)6-14-11-23-18-16(14)2-1-5-22-18/h1-5,7-9,11H,6,10H2,(H,22,23)(H,24,25,26). The molecule has 26 heavy (non-hydrogen) atoms. The minimum absolute atomic E-state index is 0.531. The molecule has 4 aromatic rings. The molecule has 0 fully saturated rings. The minimum atomic E-state index is 0.531. The van der Waals surface area contributed by atoms with Crippen LogP contribution >= 0.6 is 23.2 Å². The Morgan fingerprint density at radius 3 is 2.65 bits per heavy atom. The molecule has 0 spiro atoms. The van der Waals surface area contributed by atoms with Crippen LogP contribution in [0.4, 0.5) is 5.95 Å². The van der Waals surface area contributed by atoms with E-state index >= 15 is 0 Å². The molecule has 0 bridgehead atoms. The number of H-pyrrole nitrogens is 1. The Bertz CT molecular complexity index is 1040. The van der Waals surface area contributed by atoms with Crippen LogP contribution < -0.4 is 5.32 Å². The SMILES string of the molecule is Clc1ccc(CNc2ncc(Cc3c[nH]c4ncccc34)cn2)c(Cl)c1. The molecule has 0 radical (unpaired) electrons. The van der Waals surface area contributed by atoms with Crippen molar-refractivity contribution in [1.29, 1.82) is 0 Å². The van der Waals surface area contributed by atoms with Crippen LogP contribution in [0.15, 0.2) is 55.1 Å². The number of benzene rings is 1. The number of hydrogen-bond donors (Lipinski definition) is 2. The second-order valence-corrected chi connectivity index (χ2v) is 6.74. The van der Waals surface area contributed by atoms with Gasteiger partial charge in [-0.1, -0.05) is 29.3 Å². The van der Waals surface area contributed by atoms with Gasteiger partial charge in [-0.05, 0) is 41.0 Å². The third-order valence-corrected chi connectivity index (χ3v) is 4.68. The van der Waals surface area contributed by atoms with Crippen LogP contribution in [0.5, 0.6) is 0 Å². The molecule has 7 heteroatoms. The predicted octanol–water partition coefficient (Wildman–Crippen LogP) is 4.86. The molecule has 0 aliphatic heterocycles. The maximum Gasteiger partial charge on any atom is 0.222 e. The van der Waals surface area contributed by atoms with Crippen molar-refractivity contribution in [1.82, 2.24) is 19.9 Å². The monoisotopic (exact) mass is 383 g/mol. The summed E-state index contributed by atoms with van der Waals surface area (Å²) in [5.74, 6) is 0.556. The van der Waals surface area contributed by atoms with Crippen molar-refractivity contribution in [3.05, 3.63) is 81.9 Å². The van der Waals surface area contributed by atoms with Crippen LogP contribution in [0.25, 0.3) is 11.0 Å². The predicted molar refractivity (Wildman–Crippen MR) is 105 cm³/mol. The van der Waals surface area contributed by atoms with E-state index in [9.17, 15) is 0 Å². The highest BCUT2D eigenvalue weighted by atomic mass is 35.5. The summed E-state index contributed by atoms with van der Waals surface area (Å²) < 4.78 is 0. The normalized spacial score (nSPS) is 11.0. The van der Waals surface area contributed by atoms with Gasteiger partial charge in [0.1, 0.15) is 5.65 Å². The molecule has 0 aliphatic carbocycles. The number of aromatic amines is 1. The number of halogens is 2. The molecule has 1 aromatic carbocycles. The number of pyridine rings is 1. The fourth-order valence-electron chi connectivity index (χ4n) is 2.76. The highest BCUT2D eigenvalue weighted by Gasteiger charge is 2.07. The zero-order chi connectivity index (χ0) is 17.9. The van der Waals surface area contributed by atoms with Crippen LogP contribution in [-0.4, -0.2) is 19.9 Å². The Morgan fingerprint density at radius 2 is 1.85 bits per heavy atom. The van der Waals surface area contributed by atoms with E-state index in [0.29, 0.717) is 22.5 Å². The van der Waals surface area contributed by atoms with E-state index in [1.807, 2.05) is 36.8 Å². The number of aromatic nitrogens is 4. The highest BCUT2D eigenvalue weighted by molar-refractivity contribution is 6.35. The van der Waals surface area contributed by atoms with Crippen molar-refractivity contribution in [2.45, 2.75) is 13.0 Å². The van der Waals surface area contributed by atoms with Gasteiger partial charge in [-0.15, -0.1) is 0 Å². The lowest BCUT2D eigenvalue weighted by Crippen LogP contribution is -2.04. The molecule has 0 unspecified atom stereocenters. The molecule has 4 rings (SSSR count). The maximum atomic E-state index is 6.17. The fraction of sp³-hybridized carbons (Fsp3) is 0.105. The van der Waals surface area contributed by atoms with E-state index < -0.39 is 0 Å². The smallest absolute Gasteiger partial charge is 0.222 e. The van der Waals surface area contributed by atoms with E-state index in [0.717, 1.165) is 28.6 Å². The number of anilines is 1. The van der Waals surface area contributed by atoms with Gasteiger partial charge in [-0.3, -0.25) is 0 Å². The minimum Gasteiger partial charge on any atom is -0.350 e. The molecule has 0 saturated carbocycles. The van der Waals surface area contributed by atoms with E-state index in [2.05, 4.69) is 31.3 Å². The van der Waals surface area contributed by atoms with Gasteiger partial charge in [0.25, 0.3) is 0 Å². The van der Waals surface area contributed by atoms with Gasteiger partial charge >= 0.3 is 0 Å². The summed E-state index contributed by atoms with van der Waals surface area (Å²) in [4.78, 5) is 16.3. The number of fused-ring (bicyclic) bond motifs is 1. The van der Waals surface area contributed by atoms with Gasteiger partial charge in [0.2, 0.25) is 5.95 Å². The van der Waals surface area contributed by atoms with Gasteiger partial charge in [0.15, 0.2) is 0 Å². The first-order valence-corrected chi connectivity index (χ1v) is 8.84. The average Bonchev–Trinajstić information content (AvgIpc) is 3.05. The van der Waals surface area contributed by atoms with Crippen LogP contribution in [0.1, 0.15) is 16.7 Å². The number of nitrogens with zero attached hydrogens (tertiary/aromatic N) is 3. The highest BCUT2D eigenvalue weighted by Crippen LogP contribution is 2.22. The van der Waals surface area contributed by atoms with Gasteiger partial charge in [-0.2, -0.15) is 0 Å². The Kier molecular flexibility index (Phi) is 4.73. The van der Waals surface area contributed by atoms with E-state index in [1.165, 1.54) is 5.56 Å². The largest absolute Gasteiger partial charge is 0.350 e. The molecule has 0 aliphatic rings. The first kappa shape index (κ1) is 16.8. The zero-order valence-electron chi connectivity index (χ0n) is 13.7. The van der Waals surface area contributed by atoms with Crippen molar-refractivity contribution in [2.75, 3.05) is 5.32 Å². The van der Waals surface area contributed by atoms with Gasteiger partial charge in [0, 0.05) is 53.2 Å². The first-order valence-electron chi connectivity index (χ1n) is 8.09. The van der Waals surface area contributed by atoms with E-state index in [4.69, 9.17) is 23.2 Å². The Morgan fingerprint density at radius 1 is 1.00 bits per heavy atom. The summed E-state index contributed by atoms with van der Waals surface area (Å²) >= 11 is 12.1. The summed E-state index contributed by atoms with van der Waals surface area (Å²) in [5.41, 5.74) is 4.03. The van der Waals surface area contributed by atoms with Crippen molar-refractivity contribution in [2.24, 2.45) is 0 Å². The molecule has 0 saturated heterocycles. The van der Waals surface area contributed by atoms with Crippen LogP contribution in [0.3, 0.4) is 0 Å². The van der Waals surface area contributed by atoms with E-state index in [1.54, 1.807) is 12.3 Å². The van der Waals surface area contributed by atoms with Crippen LogP contribution in [0, 0.1) is 0 Å². The number of rotatable bonds is 5. The van der Waals surface area contributed by atoms with Crippen molar-refractivity contribution in [3.63, 3.8) is 0 Å². The van der Waals surface area contributed by atoms with Gasteiger partial charge in [-0.25, -0.2) is 15.0 Å². The topological polar surface area (TPSA) is 66.5 Å². The molecular formula is C19H15Cl2N5. The summed E-state index contributed by atoms with van der Waals surface area (Å²) in [6.45, 7) is 0.531. The lowest BCUT2D eigenvalue weighted by atomic mass is 10.1. The molecule has 130 valence electrons. The maximum absolute atomic E-state index is 6.17. The van der Waals surface area contributed by atoms with Gasteiger partial charge < -0.3 is 10.3 Å². The summed E-state index contributed by atoms with van der Waals surface area (Å²) in [5, 5.41) is 5.53. The second kappa shape index (κ2) is 7.32. The molecule has 0 amide bonds. The Hall–Kier alpha value is -2.63. The lowest BCUT2D eigenvalue weighted by Gasteiger charge is -2.07. The molecule has 5 nitrogen and oxygen atoms in total. The zero-order valence-corrected chi connectivity index (χ0v) is 15.2. The van der Waals surface area contributed by atoms with Crippen molar-refractivity contribution >= 4 is 40.2 Å². The van der Waals surface area contributed by atoms with Gasteiger partial charge in [0.05, 0.1) is 0 Å². The number of nitrogens with one attached hydrogen (secondary N) is 2. The summed E-state index contributed by atoms with van der Waals surface area (Å²) in [6.07, 6.45) is 8.16. The third-order valence-electron chi connectivity index (χ3n) is 4.09. The summed E-state index contributed by atoms with van der Waals surface area (Å²) in [6, 6.07) is 9.41. The second-order valence-electron chi connectivity index (χ2n) is 5.89. The number of hydrogen-bond acceptors (Lipinski definition) is 4. The molecule has 3 aromatic heterocycles. The van der Waals surface area contributed by atoms with E-state index in [-0.39, 0.29) is 0 Å². The fourth-order valence-corrected chi connectivity index (χ4v) is 3.23. The Balaban J connectivity index is 1.43. The van der Waals surface area contributed by atoms with Crippen molar-refractivity contribution in [3.8, 4) is 0 Å². The Labute approximate surface area is 160 Å². The van der Waals surface area contributed by atoms with Crippen LogP contribution in [-0.2, 0) is 13.0 Å². The lowest BCUT2D eigenvalue weighted by molar-refractivity contribution is 1.02. The average molecular weight is 384 g/mol.